The van der Waals surface area contributed by atoms with E-state index in [1.54, 1.807) is 0 Å². The highest BCUT2D eigenvalue weighted by atomic mass is 14.9. The summed E-state index contributed by atoms with van der Waals surface area (Å²) in [7, 11) is 0. The zero-order valence-electron chi connectivity index (χ0n) is 10.6. The Morgan fingerprint density at radius 3 is 2.56 bits per heavy atom. The molecule has 1 aliphatic rings. The van der Waals surface area contributed by atoms with E-state index in [1.807, 2.05) is 0 Å². The molecule has 2 rings (SSSR count). The molecule has 2 heteroatoms. The van der Waals surface area contributed by atoms with E-state index in [0.717, 1.165) is 13.1 Å². The van der Waals surface area contributed by atoms with E-state index < -0.39 is 0 Å². The van der Waals surface area contributed by atoms with Crippen LogP contribution in [0.15, 0.2) is 18.2 Å². The smallest absolute Gasteiger partial charge is 0.0466 e. The number of piperidine rings is 1. The van der Waals surface area contributed by atoms with E-state index in [9.17, 15) is 0 Å². The molecule has 88 valence electrons. The van der Waals surface area contributed by atoms with Gasteiger partial charge in [0.05, 0.1) is 0 Å². The fourth-order valence-electron chi connectivity index (χ4n) is 2.34. The second kappa shape index (κ2) is 4.54. The van der Waals surface area contributed by atoms with E-state index >= 15 is 0 Å². The Morgan fingerprint density at radius 2 is 1.94 bits per heavy atom. The Labute approximate surface area is 98.5 Å². The highest BCUT2D eigenvalue weighted by molar-refractivity contribution is 5.21. The lowest BCUT2D eigenvalue weighted by Gasteiger charge is -2.33. The third-order valence-electron chi connectivity index (χ3n) is 3.69. The minimum atomic E-state index is 0.274. The number of nitrogens with one attached hydrogen (secondary N) is 1. The van der Waals surface area contributed by atoms with Gasteiger partial charge in [-0.1, -0.05) is 26.8 Å². The Bertz CT molecular complexity index is 352. The summed E-state index contributed by atoms with van der Waals surface area (Å²) in [5.74, 6) is 0.519. The average Bonchev–Trinajstić information content (AvgIpc) is 2.30. The first-order valence-electron chi connectivity index (χ1n) is 6.30. The zero-order chi connectivity index (χ0) is 11.6. The van der Waals surface area contributed by atoms with Gasteiger partial charge in [0.15, 0.2) is 0 Å². The monoisotopic (exact) mass is 218 g/mol. The van der Waals surface area contributed by atoms with Gasteiger partial charge in [0, 0.05) is 16.8 Å². The van der Waals surface area contributed by atoms with Crippen LogP contribution in [-0.2, 0) is 5.41 Å². The first-order valence-corrected chi connectivity index (χ1v) is 6.30. The second-order valence-electron chi connectivity index (χ2n) is 5.41. The molecule has 0 amide bonds. The second-order valence-corrected chi connectivity index (χ2v) is 5.41. The summed E-state index contributed by atoms with van der Waals surface area (Å²) in [6.07, 6.45) is 2.39. The van der Waals surface area contributed by atoms with Crippen molar-refractivity contribution in [2.75, 3.05) is 13.1 Å². The Kier molecular flexibility index (Phi) is 3.29. The van der Waals surface area contributed by atoms with Crippen molar-refractivity contribution in [1.82, 2.24) is 10.3 Å². The van der Waals surface area contributed by atoms with Gasteiger partial charge in [-0.3, -0.25) is 4.98 Å². The highest BCUT2D eigenvalue weighted by Crippen LogP contribution is 2.32. The van der Waals surface area contributed by atoms with Gasteiger partial charge < -0.3 is 5.32 Å². The summed E-state index contributed by atoms with van der Waals surface area (Å²) in [4.78, 5) is 4.84. The van der Waals surface area contributed by atoms with E-state index in [-0.39, 0.29) is 5.41 Å². The Morgan fingerprint density at radius 1 is 1.25 bits per heavy atom. The third kappa shape index (κ3) is 2.27. The minimum absolute atomic E-state index is 0.274. The molecule has 1 fully saturated rings. The summed E-state index contributed by atoms with van der Waals surface area (Å²) >= 11 is 0. The molecule has 0 saturated carbocycles. The lowest BCUT2D eigenvalue weighted by atomic mass is 9.77. The average molecular weight is 218 g/mol. The normalized spacial score (nSPS) is 20.0. The number of rotatable bonds is 2. The van der Waals surface area contributed by atoms with Gasteiger partial charge in [-0.25, -0.2) is 0 Å². The standard InChI is InChI=1S/C14H22N2/c1-11(2)12-5-4-6-13(16-12)14(3)7-9-15-10-8-14/h4-6,11,15H,7-10H2,1-3H3. The van der Waals surface area contributed by atoms with Crippen LogP contribution in [-0.4, -0.2) is 18.1 Å². The molecular formula is C14H22N2. The first kappa shape index (κ1) is 11.6. The number of nitrogens with zero attached hydrogens (tertiary/aromatic N) is 1. The van der Waals surface area contributed by atoms with Gasteiger partial charge in [0.1, 0.15) is 0 Å². The molecule has 0 aliphatic carbocycles. The van der Waals surface area contributed by atoms with Crippen molar-refractivity contribution in [1.29, 1.82) is 0 Å². The molecule has 1 aliphatic heterocycles. The van der Waals surface area contributed by atoms with Crippen molar-refractivity contribution in [3.63, 3.8) is 0 Å². The largest absolute Gasteiger partial charge is 0.317 e. The number of hydrogen-bond donors (Lipinski definition) is 1. The minimum Gasteiger partial charge on any atom is -0.317 e. The van der Waals surface area contributed by atoms with Gasteiger partial charge >= 0.3 is 0 Å². The van der Waals surface area contributed by atoms with Crippen LogP contribution in [0.5, 0.6) is 0 Å². The predicted molar refractivity (Wildman–Crippen MR) is 67.8 cm³/mol. The summed E-state index contributed by atoms with van der Waals surface area (Å²) < 4.78 is 0. The van der Waals surface area contributed by atoms with Crippen molar-refractivity contribution in [2.24, 2.45) is 0 Å². The highest BCUT2D eigenvalue weighted by Gasteiger charge is 2.30. The van der Waals surface area contributed by atoms with Crippen LogP contribution in [0.3, 0.4) is 0 Å². The van der Waals surface area contributed by atoms with Crippen molar-refractivity contribution < 1.29 is 0 Å². The molecule has 0 spiro atoms. The van der Waals surface area contributed by atoms with Crippen LogP contribution in [0.25, 0.3) is 0 Å². The molecule has 0 bridgehead atoms. The molecule has 0 aromatic carbocycles. The molecule has 0 radical (unpaired) electrons. The number of aromatic nitrogens is 1. The predicted octanol–water partition coefficient (Wildman–Crippen LogP) is 2.85. The van der Waals surface area contributed by atoms with Gasteiger partial charge in [0.2, 0.25) is 0 Å². The topological polar surface area (TPSA) is 24.9 Å². The molecule has 2 heterocycles. The van der Waals surface area contributed by atoms with E-state index in [4.69, 9.17) is 4.98 Å². The fraction of sp³-hybridized carbons (Fsp3) is 0.643. The molecular weight excluding hydrogens is 196 g/mol. The van der Waals surface area contributed by atoms with Gasteiger partial charge in [-0.05, 0) is 44.0 Å². The quantitative estimate of drug-likeness (QED) is 0.825. The van der Waals surface area contributed by atoms with Crippen LogP contribution in [0, 0.1) is 0 Å². The maximum Gasteiger partial charge on any atom is 0.0466 e. The molecule has 1 aromatic heterocycles. The summed E-state index contributed by atoms with van der Waals surface area (Å²) in [6, 6.07) is 6.49. The number of pyridine rings is 1. The van der Waals surface area contributed by atoms with Crippen LogP contribution >= 0.6 is 0 Å². The molecule has 0 atom stereocenters. The zero-order valence-corrected chi connectivity index (χ0v) is 10.6. The Hall–Kier alpha value is -0.890. The summed E-state index contributed by atoms with van der Waals surface area (Å²) in [5.41, 5.74) is 2.77. The molecule has 16 heavy (non-hydrogen) atoms. The van der Waals surface area contributed by atoms with Crippen LogP contribution in [0.1, 0.15) is 50.9 Å². The SMILES string of the molecule is CC(C)c1cccc(C2(C)CCNCC2)n1. The van der Waals surface area contributed by atoms with Gasteiger partial charge in [0.25, 0.3) is 0 Å². The van der Waals surface area contributed by atoms with Crippen molar-refractivity contribution in [3.05, 3.63) is 29.6 Å². The Balaban J connectivity index is 2.28. The van der Waals surface area contributed by atoms with Crippen molar-refractivity contribution >= 4 is 0 Å². The summed E-state index contributed by atoms with van der Waals surface area (Å²) in [5, 5.41) is 3.42. The van der Waals surface area contributed by atoms with Crippen LogP contribution in [0.4, 0.5) is 0 Å². The number of hydrogen-bond acceptors (Lipinski definition) is 2. The van der Waals surface area contributed by atoms with Crippen LogP contribution < -0.4 is 5.32 Å². The lowest BCUT2D eigenvalue weighted by Crippen LogP contribution is -2.38. The van der Waals surface area contributed by atoms with Gasteiger partial charge in [-0.2, -0.15) is 0 Å². The first-order chi connectivity index (χ1) is 7.62. The van der Waals surface area contributed by atoms with E-state index in [0.29, 0.717) is 5.92 Å². The van der Waals surface area contributed by atoms with E-state index in [1.165, 1.54) is 24.2 Å². The lowest BCUT2D eigenvalue weighted by molar-refractivity contribution is 0.326. The van der Waals surface area contributed by atoms with Crippen molar-refractivity contribution in [3.8, 4) is 0 Å². The van der Waals surface area contributed by atoms with Crippen molar-refractivity contribution in [2.45, 2.75) is 44.9 Å². The van der Waals surface area contributed by atoms with Crippen LogP contribution in [0.2, 0.25) is 0 Å². The molecule has 1 aromatic rings. The maximum absolute atomic E-state index is 4.84. The van der Waals surface area contributed by atoms with E-state index in [2.05, 4.69) is 44.3 Å². The molecule has 2 nitrogen and oxygen atoms in total. The third-order valence-corrected chi connectivity index (χ3v) is 3.69. The van der Waals surface area contributed by atoms with Gasteiger partial charge in [-0.15, -0.1) is 0 Å². The fourth-order valence-corrected chi connectivity index (χ4v) is 2.34. The molecule has 1 N–H and O–H groups in total. The summed E-state index contributed by atoms with van der Waals surface area (Å²) in [6.45, 7) is 8.99. The maximum atomic E-state index is 4.84. The molecule has 0 unspecified atom stereocenters. The molecule has 1 saturated heterocycles.